The third kappa shape index (κ3) is 4.98. The van der Waals surface area contributed by atoms with E-state index < -0.39 is 52.0 Å². The van der Waals surface area contributed by atoms with Gasteiger partial charge < -0.3 is 31.1 Å². The lowest BCUT2D eigenvalue weighted by atomic mass is 9.60. The molecule has 1 amide bonds. The fraction of sp³-hybridized carbons (Fsp3) is 0.594. The van der Waals surface area contributed by atoms with Crippen molar-refractivity contribution in [2.45, 2.75) is 84.9 Å². The van der Waals surface area contributed by atoms with Crippen LogP contribution in [0.5, 0.6) is 5.75 Å². The van der Waals surface area contributed by atoms with Crippen LogP contribution in [0.25, 0.3) is 0 Å². The molecule has 10 nitrogen and oxygen atoms in total. The van der Waals surface area contributed by atoms with Crippen molar-refractivity contribution in [1.82, 2.24) is 4.90 Å². The summed E-state index contributed by atoms with van der Waals surface area (Å²) in [7, 11) is 3.77. The first kappa shape index (κ1) is 31.6. The average molecular weight is 584 g/mol. The van der Waals surface area contributed by atoms with Gasteiger partial charge in [0.1, 0.15) is 22.8 Å². The van der Waals surface area contributed by atoms with E-state index in [0.29, 0.717) is 12.1 Å². The van der Waals surface area contributed by atoms with Crippen LogP contribution in [0.15, 0.2) is 28.7 Å². The van der Waals surface area contributed by atoms with E-state index >= 15 is 0 Å². The number of primary amides is 1. The molecule has 1 aromatic carbocycles. The van der Waals surface area contributed by atoms with Crippen LogP contribution in [0.2, 0.25) is 0 Å². The Hall–Kier alpha value is -3.37. The van der Waals surface area contributed by atoms with Gasteiger partial charge in [-0.2, -0.15) is 0 Å². The number of Topliss-reactive ketones (excluding diaryl/α,β-unsaturated/α-hetero) is 2. The largest absolute Gasteiger partial charge is 0.511 e. The Morgan fingerprint density at radius 1 is 1.10 bits per heavy atom. The highest BCUT2D eigenvalue weighted by molar-refractivity contribution is 6.24. The van der Waals surface area contributed by atoms with Crippen molar-refractivity contribution in [3.63, 3.8) is 0 Å². The zero-order valence-electron chi connectivity index (χ0n) is 26.0. The van der Waals surface area contributed by atoms with Gasteiger partial charge in [-0.1, -0.05) is 27.7 Å². The van der Waals surface area contributed by atoms with E-state index in [1.54, 1.807) is 6.07 Å². The number of rotatable bonds is 7. The second kappa shape index (κ2) is 10.4. The van der Waals surface area contributed by atoms with E-state index in [-0.39, 0.29) is 47.1 Å². The number of hydrogen-bond acceptors (Lipinski definition) is 9. The minimum Gasteiger partial charge on any atom is -0.511 e. The highest BCUT2D eigenvalue weighted by Gasteiger charge is 2.59. The van der Waals surface area contributed by atoms with E-state index in [1.807, 2.05) is 19.0 Å². The molecule has 1 aromatic rings. The molecule has 6 N–H and O–H groups in total. The maximum atomic E-state index is 14.0. The number of amides is 1. The van der Waals surface area contributed by atoms with Crippen LogP contribution in [0.1, 0.15) is 82.3 Å². The number of carbonyl (C=O) groups excluding carboxylic acids is 3. The predicted octanol–water partition coefficient (Wildman–Crippen LogP) is 3.68. The van der Waals surface area contributed by atoms with Crippen molar-refractivity contribution in [2.24, 2.45) is 23.0 Å². The average Bonchev–Trinajstić information content (AvgIpc) is 2.82. The fourth-order valence-electron chi connectivity index (χ4n) is 7.79. The van der Waals surface area contributed by atoms with E-state index in [2.05, 4.69) is 46.4 Å². The number of aliphatic hydroxyl groups is 3. The topological polar surface area (TPSA) is 165 Å². The molecule has 0 aliphatic heterocycles. The number of aliphatic hydroxyl groups excluding tert-OH is 2. The molecule has 0 bridgehead atoms. The summed E-state index contributed by atoms with van der Waals surface area (Å²) in [5.41, 5.74) is 4.04. The molecule has 230 valence electrons. The molecule has 0 saturated carbocycles. The first-order chi connectivity index (χ1) is 19.3. The number of fused-ring (bicyclic) bond motifs is 3. The number of allylic oxidation sites excluding steroid dienone is 2. The molecule has 0 radical (unpaired) electrons. The van der Waals surface area contributed by atoms with Crippen LogP contribution in [-0.4, -0.2) is 74.6 Å². The van der Waals surface area contributed by atoms with Crippen molar-refractivity contribution >= 4 is 23.2 Å². The Kier molecular flexibility index (Phi) is 7.83. The van der Waals surface area contributed by atoms with Crippen LogP contribution in [0.4, 0.5) is 5.69 Å². The van der Waals surface area contributed by atoms with E-state index in [4.69, 9.17) is 5.73 Å². The van der Waals surface area contributed by atoms with Crippen LogP contribution in [-0.2, 0) is 22.6 Å². The van der Waals surface area contributed by atoms with Gasteiger partial charge >= 0.3 is 0 Å². The predicted molar refractivity (Wildman–Crippen MR) is 159 cm³/mol. The third-order valence-electron chi connectivity index (χ3n) is 9.12. The number of nitrogens with zero attached hydrogens (tertiary/aromatic N) is 2. The van der Waals surface area contributed by atoms with E-state index in [9.17, 15) is 34.8 Å². The lowest BCUT2D eigenvalue weighted by Crippen LogP contribution is -2.57. The number of benzene rings is 1. The minimum absolute atomic E-state index is 0.0241. The zero-order valence-corrected chi connectivity index (χ0v) is 26.0. The smallest absolute Gasteiger partial charge is 0.255 e. The minimum atomic E-state index is -2.57. The Bertz CT molecular complexity index is 1420. The van der Waals surface area contributed by atoms with Gasteiger partial charge in [0.05, 0.1) is 5.56 Å². The van der Waals surface area contributed by atoms with Gasteiger partial charge in [-0.05, 0) is 68.2 Å². The summed E-state index contributed by atoms with van der Waals surface area (Å²) in [6, 6.07) is 1.60. The van der Waals surface area contributed by atoms with Gasteiger partial charge in [-0.15, -0.1) is 0 Å². The first-order valence-electron chi connectivity index (χ1n) is 14.5. The quantitative estimate of drug-likeness (QED) is 0.301. The third-order valence-corrected chi connectivity index (χ3v) is 9.12. The molecule has 0 fully saturated rings. The Labute approximate surface area is 247 Å². The molecular formula is C32H45N3O7. The van der Waals surface area contributed by atoms with Crippen molar-refractivity contribution in [1.29, 1.82) is 0 Å². The second-order valence-corrected chi connectivity index (χ2v) is 14.1. The van der Waals surface area contributed by atoms with Gasteiger partial charge in [-0.3, -0.25) is 19.3 Å². The maximum Gasteiger partial charge on any atom is 0.255 e. The van der Waals surface area contributed by atoms with Gasteiger partial charge in [-0.25, -0.2) is 0 Å². The summed E-state index contributed by atoms with van der Waals surface area (Å²) < 4.78 is 0. The van der Waals surface area contributed by atoms with Crippen LogP contribution < -0.4 is 10.6 Å². The molecule has 3 aliphatic rings. The van der Waals surface area contributed by atoms with Gasteiger partial charge in [0.15, 0.2) is 11.4 Å². The SMILES string of the molecule is CCN(Cc1cc(O)c2c(c1N(C)C)CC1C[C@H]3CC(O)=C(C(N)=O)C(=O)[C@@]3(O)C(O)=C1C2=O)C(C)(C)CC(C)(C)C. The van der Waals surface area contributed by atoms with E-state index in [0.717, 1.165) is 24.2 Å². The summed E-state index contributed by atoms with van der Waals surface area (Å²) in [5.74, 6) is -6.29. The van der Waals surface area contributed by atoms with Crippen molar-refractivity contribution in [2.75, 3.05) is 25.5 Å². The summed E-state index contributed by atoms with van der Waals surface area (Å²) >= 11 is 0. The molecule has 0 heterocycles. The Morgan fingerprint density at radius 2 is 1.71 bits per heavy atom. The lowest BCUT2D eigenvalue weighted by molar-refractivity contribution is -0.144. The highest BCUT2D eigenvalue weighted by atomic mass is 16.3. The number of nitrogens with two attached hydrogens (primary N) is 1. The van der Waals surface area contributed by atoms with Crippen LogP contribution >= 0.6 is 0 Å². The van der Waals surface area contributed by atoms with Crippen LogP contribution in [0, 0.1) is 17.3 Å². The molecule has 42 heavy (non-hydrogen) atoms. The van der Waals surface area contributed by atoms with Crippen molar-refractivity contribution < 1.29 is 34.8 Å². The number of aromatic hydroxyl groups is 1. The normalized spacial score (nSPS) is 24.5. The Balaban J connectivity index is 1.84. The molecule has 3 aliphatic carbocycles. The number of phenols is 1. The standard InChI is InChI=1S/C32H45N3O7/c1-9-35(31(5,6)15-30(2,3)4)14-17-12-20(36)23-19(25(17)34(7)8)11-16-10-18-13-21(37)24(29(33)41)28(40)32(18,42)27(39)22(16)26(23)38/h12,16,18,36-37,39,42H,9-11,13-15H2,1-8H3,(H2,33,41)/t16?,18-,32-/m0/s1. The molecule has 10 heteroatoms. The molecule has 1 unspecified atom stereocenters. The molecule has 4 rings (SSSR count). The summed E-state index contributed by atoms with van der Waals surface area (Å²) in [6.45, 7) is 14.5. The lowest BCUT2D eigenvalue weighted by Gasteiger charge is -2.46. The summed E-state index contributed by atoms with van der Waals surface area (Å²) in [6.07, 6.45) is 1.05. The number of anilines is 1. The second-order valence-electron chi connectivity index (χ2n) is 14.1. The molecule has 3 atom stereocenters. The first-order valence-corrected chi connectivity index (χ1v) is 14.5. The fourth-order valence-corrected chi connectivity index (χ4v) is 7.79. The Morgan fingerprint density at radius 3 is 2.24 bits per heavy atom. The summed E-state index contributed by atoms with van der Waals surface area (Å²) in [5, 5.41) is 44.5. The van der Waals surface area contributed by atoms with E-state index in [1.165, 1.54) is 0 Å². The van der Waals surface area contributed by atoms with Gasteiger partial charge in [0, 0.05) is 49.8 Å². The van der Waals surface area contributed by atoms with Crippen molar-refractivity contribution in [3.8, 4) is 5.75 Å². The van der Waals surface area contributed by atoms with Gasteiger partial charge in [0.25, 0.3) is 5.91 Å². The number of hydrogen-bond donors (Lipinski definition) is 5. The molecule has 0 aromatic heterocycles. The monoisotopic (exact) mass is 583 g/mol. The molecule has 0 saturated heterocycles. The van der Waals surface area contributed by atoms with Gasteiger partial charge in [0.2, 0.25) is 5.78 Å². The number of carbonyl (C=O) groups is 3. The number of ketones is 2. The summed E-state index contributed by atoms with van der Waals surface area (Å²) in [4.78, 5) is 43.3. The van der Waals surface area contributed by atoms with Crippen LogP contribution in [0.3, 0.4) is 0 Å². The molecule has 0 spiro atoms. The highest BCUT2D eigenvalue weighted by Crippen LogP contribution is 2.53. The maximum absolute atomic E-state index is 14.0. The molecular weight excluding hydrogens is 538 g/mol. The zero-order chi connectivity index (χ0) is 31.7. The van der Waals surface area contributed by atoms with Crippen molar-refractivity contribution in [3.05, 3.63) is 45.4 Å². The number of phenolic OH excluding ortho intramolecular Hbond substituents is 1.